The van der Waals surface area contributed by atoms with E-state index in [1.807, 2.05) is 20.0 Å². The van der Waals surface area contributed by atoms with Crippen molar-refractivity contribution in [3.05, 3.63) is 47.3 Å². The summed E-state index contributed by atoms with van der Waals surface area (Å²) < 4.78 is 1.79. The van der Waals surface area contributed by atoms with Crippen molar-refractivity contribution in [3.8, 4) is 5.69 Å². The minimum Gasteiger partial charge on any atom is -0.481 e. The lowest BCUT2D eigenvalue weighted by molar-refractivity contribution is -0.136. The van der Waals surface area contributed by atoms with Crippen molar-refractivity contribution in [2.75, 3.05) is 0 Å². The van der Waals surface area contributed by atoms with Crippen LogP contribution in [0.5, 0.6) is 0 Å². The van der Waals surface area contributed by atoms with Crippen LogP contribution in [0.1, 0.15) is 23.1 Å². The van der Waals surface area contributed by atoms with Crippen molar-refractivity contribution in [1.82, 2.24) is 9.78 Å². The molecular weight excluding hydrogens is 228 g/mol. The molecular formula is C14H16N2O2. The van der Waals surface area contributed by atoms with E-state index in [1.165, 1.54) is 11.1 Å². The molecule has 1 aromatic heterocycles. The van der Waals surface area contributed by atoms with Gasteiger partial charge in [0, 0.05) is 12.6 Å². The van der Waals surface area contributed by atoms with E-state index in [9.17, 15) is 4.79 Å². The van der Waals surface area contributed by atoms with Crippen LogP contribution in [0.4, 0.5) is 0 Å². The predicted octanol–water partition coefficient (Wildman–Crippen LogP) is 2.51. The summed E-state index contributed by atoms with van der Waals surface area (Å²) in [6.07, 6.45) is 4.26. The summed E-state index contributed by atoms with van der Waals surface area (Å²) in [5.41, 5.74) is 4.32. The first-order valence-electron chi connectivity index (χ1n) is 5.88. The van der Waals surface area contributed by atoms with E-state index in [0.29, 0.717) is 6.42 Å². The van der Waals surface area contributed by atoms with Crippen molar-refractivity contribution in [2.24, 2.45) is 0 Å². The molecule has 1 N–H and O–H groups in total. The number of carboxylic acid groups (broad SMARTS) is 1. The standard InChI is InChI=1S/C14H16N2O2/c1-10-5-11(2)7-13(6-10)16-9-12(8-15-16)3-4-14(17)18/h5-9H,3-4H2,1-2H3,(H,17,18). The highest BCUT2D eigenvalue weighted by molar-refractivity contribution is 5.67. The van der Waals surface area contributed by atoms with Gasteiger partial charge in [0.25, 0.3) is 0 Å². The lowest BCUT2D eigenvalue weighted by Gasteiger charge is -2.04. The van der Waals surface area contributed by atoms with E-state index in [0.717, 1.165) is 11.3 Å². The van der Waals surface area contributed by atoms with Gasteiger partial charge in [-0.25, -0.2) is 4.68 Å². The molecule has 2 rings (SSSR count). The van der Waals surface area contributed by atoms with Crippen LogP contribution in [0.25, 0.3) is 5.69 Å². The number of aryl methyl sites for hydroxylation is 3. The highest BCUT2D eigenvalue weighted by Crippen LogP contribution is 2.14. The number of carbonyl (C=O) groups is 1. The van der Waals surface area contributed by atoms with E-state index in [4.69, 9.17) is 5.11 Å². The zero-order valence-corrected chi connectivity index (χ0v) is 10.6. The second-order valence-electron chi connectivity index (χ2n) is 4.53. The number of hydrogen-bond acceptors (Lipinski definition) is 2. The Kier molecular flexibility index (Phi) is 3.46. The molecule has 0 amide bonds. The van der Waals surface area contributed by atoms with E-state index in [-0.39, 0.29) is 6.42 Å². The van der Waals surface area contributed by atoms with Gasteiger partial charge in [-0.3, -0.25) is 4.79 Å². The van der Waals surface area contributed by atoms with Gasteiger partial charge in [0.05, 0.1) is 11.9 Å². The van der Waals surface area contributed by atoms with Gasteiger partial charge in [-0.05, 0) is 49.1 Å². The Morgan fingerprint density at radius 2 is 1.94 bits per heavy atom. The number of hydrogen-bond donors (Lipinski definition) is 1. The lowest BCUT2D eigenvalue weighted by atomic mass is 10.1. The van der Waals surface area contributed by atoms with Crippen LogP contribution in [0.2, 0.25) is 0 Å². The number of aromatic nitrogens is 2. The Balaban J connectivity index is 2.21. The molecule has 0 fully saturated rings. The van der Waals surface area contributed by atoms with Crippen LogP contribution in [-0.4, -0.2) is 20.9 Å². The molecule has 0 saturated carbocycles. The molecule has 94 valence electrons. The Labute approximate surface area is 106 Å². The Hall–Kier alpha value is -2.10. The highest BCUT2D eigenvalue weighted by atomic mass is 16.4. The summed E-state index contributed by atoms with van der Waals surface area (Å²) in [4.78, 5) is 10.5. The molecule has 18 heavy (non-hydrogen) atoms. The maximum atomic E-state index is 10.5. The second-order valence-corrected chi connectivity index (χ2v) is 4.53. The maximum Gasteiger partial charge on any atom is 0.303 e. The number of rotatable bonds is 4. The number of benzene rings is 1. The molecule has 0 bridgehead atoms. The molecule has 4 heteroatoms. The number of aliphatic carboxylic acids is 1. The zero-order valence-electron chi connectivity index (χ0n) is 10.6. The average Bonchev–Trinajstić information content (AvgIpc) is 2.73. The summed E-state index contributed by atoms with van der Waals surface area (Å²) in [6.45, 7) is 4.09. The summed E-state index contributed by atoms with van der Waals surface area (Å²) in [6, 6.07) is 6.22. The van der Waals surface area contributed by atoms with Gasteiger partial charge in [0.2, 0.25) is 0 Å². The molecule has 4 nitrogen and oxygen atoms in total. The monoisotopic (exact) mass is 244 g/mol. The molecule has 1 heterocycles. The van der Waals surface area contributed by atoms with Gasteiger partial charge in [0.15, 0.2) is 0 Å². The van der Waals surface area contributed by atoms with Gasteiger partial charge in [-0.1, -0.05) is 6.07 Å². The predicted molar refractivity (Wildman–Crippen MR) is 69.0 cm³/mol. The van der Waals surface area contributed by atoms with Crippen molar-refractivity contribution < 1.29 is 9.90 Å². The van der Waals surface area contributed by atoms with E-state index >= 15 is 0 Å². The van der Waals surface area contributed by atoms with Gasteiger partial charge in [-0.15, -0.1) is 0 Å². The first-order chi connectivity index (χ1) is 8.54. The third-order valence-corrected chi connectivity index (χ3v) is 2.73. The SMILES string of the molecule is Cc1cc(C)cc(-n2cc(CCC(=O)O)cn2)c1. The van der Waals surface area contributed by atoms with Crippen molar-refractivity contribution >= 4 is 5.97 Å². The molecule has 0 unspecified atom stereocenters. The van der Waals surface area contributed by atoms with E-state index in [1.54, 1.807) is 10.9 Å². The minimum atomic E-state index is -0.783. The molecule has 0 atom stereocenters. The zero-order chi connectivity index (χ0) is 13.1. The second kappa shape index (κ2) is 5.04. The minimum absolute atomic E-state index is 0.137. The molecule has 2 aromatic rings. The van der Waals surface area contributed by atoms with Crippen molar-refractivity contribution in [3.63, 3.8) is 0 Å². The van der Waals surface area contributed by atoms with Gasteiger partial charge < -0.3 is 5.11 Å². The lowest BCUT2D eigenvalue weighted by Crippen LogP contribution is -1.97. The fourth-order valence-electron chi connectivity index (χ4n) is 1.96. The average molecular weight is 244 g/mol. The summed E-state index contributed by atoms with van der Waals surface area (Å²) in [5, 5.41) is 12.9. The molecule has 0 spiro atoms. The molecule has 0 saturated heterocycles. The van der Waals surface area contributed by atoms with Gasteiger partial charge in [-0.2, -0.15) is 5.10 Å². The van der Waals surface area contributed by atoms with Gasteiger partial charge >= 0.3 is 5.97 Å². The number of carboxylic acids is 1. The fraction of sp³-hybridized carbons (Fsp3) is 0.286. The molecule has 0 aliphatic heterocycles. The van der Waals surface area contributed by atoms with Crippen LogP contribution in [-0.2, 0) is 11.2 Å². The van der Waals surface area contributed by atoms with E-state index in [2.05, 4.69) is 23.3 Å². The molecule has 0 aliphatic carbocycles. The van der Waals surface area contributed by atoms with E-state index < -0.39 is 5.97 Å². The largest absolute Gasteiger partial charge is 0.481 e. The first kappa shape index (κ1) is 12.4. The molecule has 0 aliphatic rings. The topological polar surface area (TPSA) is 55.1 Å². The van der Waals surface area contributed by atoms with Crippen molar-refractivity contribution in [1.29, 1.82) is 0 Å². The summed E-state index contributed by atoms with van der Waals surface area (Å²) >= 11 is 0. The fourth-order valence-corrected chi connectivity index (χ4v) is 1.96. The third kappa shape index (κ3) is 2.97. The van der Waals surface area contributed by atoms with Crippen LogP contribution in [0.15, 0.2) is 30.6 Å². The Morgan fingerprint density at radius 1 is 1.28 bits per heavy atom. The summed E-state index contributed by atoms with van der Waals surface area (Å²) in [7, 11) is 0. The highest BCUT2D eigenvalue weighted by Gasteiger charge is 2.04. The summed E-state index contributed by atoms with van der Waals surface area (Å²) in [5.74, 6) is -0.783. The third-order valence-electron chi connectivity index (χ3n) is 2.73. The smallest absolute Gasteiger partial charge is 0.303 e. The quantitative estimate of drug-likeness (QED) is 0.899. The molecule has 0 radical (unpaired) electrons. The normalized spacial score (nSPS) is 10.6. The number of nitrogens with zero attached hydrogens (tertiary/aromatic N) is 2. The first-order valence-corrected chi connectivity index (χ1v) is 5.88. The molecule has 1 aromatic carbocycles. The van der Waals surface area contributed by atoms with Gasteiger partial charge in [0.1, 0.15) is 0 Å². The maximum absolute atomic E-state index is 10.5. The van der Waals surface area contributed by atoms with Crippen LogP contribution in [0.3, 0.4) is 0 Å². The van der Waals surface area contributed by atoms with Crippen LogP contribution < -0.4 is 0 Å². The van der Waals surface area contributed by atoms with Crippen LogP contribution >= 0.6 is 0 Å². The van der Waals surface area contributed by atoms with Crippen LogP contribution in [0, 0.1) is 13.8 Å². The Morgan fingerprint density at radius 3 is 2.56 bits per heavy atom. The van der Waals surface area contributed by atoms with Crippen molar-refractivity contribution in [2.45, 2.75) is 26.7 Å². The Bertz CT molecular complexity index is 553.